The van der Waals surface area contributed by atoms with E-state index in [0.29, 0.717) is 6.54 Å². The lowest BCUT2D eigenvalue weighted by atomic mass is 10.2. The van der Waals surface area contributed by atoms with E-state index in [1.807, 2.05) is 36.2 Å². The summed E-state index contributed by atoms with van der Waals surface area (Å²) in [6.45, 7) is 1.12. The van der Waals surface area contributed by atoms with Gasteiger partial charge in [-0.3, -0.25) is 9.69 Å². The second-order valence-electron chi connectivity index (χ2n) is 3.70. The third-order valence-electron chi connectivity index (χ3n) is 2.28. The van der Waals surface area contributed by atoms with Crippen molar-refractivity contribution in [2.45, 2.75) is 6.54 Å². The van der Waals surface area contributed by atoms with Crippen molar-refractivity contribution in [2.24, 2.45) is 0 Å². The standard InChI is InChI=1S/C12H18N2O2/c1-13-12(15)9-14(2)8-10-5-4-6-11(7-10)16-3/h4-7H,8-9H2,1-3H3,(H,13,15). The Kier molecular flexibility index (Phi) is 4.79. The minimum atomic E-state index is 0.0189. The highest BCUT2D eigenvalue weighted by Gasteiger charge is 2.05. The van der Waals surface area contributed by atoms with E-state index < -0.39 is 0 Å². The fraction of sp³-hybridized carbons (Fsp3) is 0.417. The van der Waals surface area contributed by atoms with Crippen molar-refractivity contribution in [3.63, 3.8) is 0 Å². The van der Waals surface area contributed by atoms with Gasteiger partial charge in [0.1, 0.15) is 5.75 Å². The van der Waals surface area contributed by atoms with Gasteiger partial charge < -0.3 is 10.1 Å². The third kappa shape index (κ3) is 3.90. The molecule has 0 saturated heterocycles. The highest BCUT2D eigenvalue weighted by molar-refractivity contribution is 5.77. The number of carbonyl (C=O) groups is 1. The van der Waals surface area contributed by atoms with Gasteiger partial charge in [0.05, 0.1) is 13.7 Å². The first-order valence-electron chi connectivity index (χ1n) is 5.17. The Bertz CT molecular complexity index is 353. The summed E-state index contributed by atoms with van der Waals surface area (Å²) in [6.07, 6.45) is 0. The van der Waals surface area contributed by atoms with Gasteiger partial charge in [-0.15, -0.1) is 0 Å². The summed E-state index contributed by atoms with van der Waals surface area (Å²) in [6, 6.07) is 7.84. The molecule has 0 aliphatic heterocycles. The normalized spacial score (nSPS) is 10.2. The van der Waals surface area contributed by atoms with Crippen LogP contribution in [0.3, 0.4) is 0 Å². The smallest absolute Gasteiger partial charge is 0.233 e. The lowest BCUT2D eigenvalue weighted by molar-refractivity contribution is -0.121. The lowest BCUT2D eigenvalue weighted by Gasteiger charge is -2.15. The Balaban J connectivity index is 2.55. The summed E-state index contributed by atoms with van der Waals surface area (Å²) >= 11 is 0. The van der Waals surface area contributed by atoms with Gasteiger partial charge in [-0.05, 0) is 24.7 Å². The van der Waals surface area contributed by atoms with E-state index in [0.717, 1.165) is 17.9 Å². The maximum Gasteiger partial charge on any atom is 0.233 e. The number of nitrogens with one attached hydrogen (secondary N) is 1. The van der Waals surface area contributed by atoms with E-state index in [4.69, 9.17) is 4.74 Å². The molecular weight excluding hydrogens is 204 g/mol. The number of hydrogen-bond acceptors (Lipinski definition) is 3. The zero-order valence-electron chi connectivity index (χ0n) is 9.99. The molecule has 1 N–H and O–H groups in total. The molecule has 1 aromatic carbocycles. The summed E-state index contributed by atoms with van der Waals surface area (Å²) in [7, 11) is 5.20. The van der Waals surface area contributed by atoms with E-state index in [1.54, 1.807) is 14.2 Å². The van der Waals surface area contributed by atoms with Crippen molar-refractivity contribution in [1.29, 1.82) is 0 Å². The van der Waals surface area contributed by atoms with Gasteiger partial charge in [0.2, 0.25) is 5.91 Å². The topological polar surface area (TPSA) is 41.6 Å². The van der Waals surface area contributed by atoms with Crippen molar-refractivity contribution in [3.05, 3.63) is 29.8 Å². The van der Waals surface area contributed by atoms with E-state index in [1.165, 1.54) is 0 Å². The zero-order chi connectivity index (χ0) is 12.0. The summed E-state index contributed by atoms with van der Waals surface area (Å²) in [4.78, 5) is 13.1. The fourth-order valence-electron chi connectivity index (χ4n) is 1.46. The van der Waals surface area contributed by atoms with Gasteiger partial charge in [0, 0.05) is 13.6 Å². The lowest BCUT2D eigenvalue weighted by Crippen LogP contribution is -2.32. The molecule has 0 bridgehead atoms. The Labute approximate surface area is 96.2 Å². The molecule has 0 fully saturated rings. The van der Waals surface area contributed by atoms with Crippen LogP contribution >= 0.6 is 0 Å². The van der Waals surface area contributed by atoms with Gasteiger partial charge in [-0.1, -0.05) is 12.1 Å². The summed E-state index contributed by atoms with van der Waals surface area (Å²) in [5, 5.41) is 2.60. The molecule has 0 heterocycles. The first-order chi connectivity index (χ1) is 7.65. The molecule has 0 spiro atoms. The Morgan fingerprint density at radius 2 is 2.25 bits per heavy atom. The Morgan fingerprint density at radius 1 is 1.50 bits per heavy atom. The van der Waals surface area contributed by atoms with Crippen molar-refractivity contribution in [2.75, 3.05) is 27.7 Å². The number of methoxy groups -OCH3 is 1. The van der Waals surface area contributed by atoms with Gasteiger partial charge >= 0.3 is 0 Å². The number of benzene rings is 1. The molecule has 0 saturated carbocycles. The van der Waals surface area contributed by atoms with Crippen molar-refractivity contribution in [3.8, 4) is 5.75 Å². The van der Waals surface area contributed by atoms with E-state index in [2.05, 4.69) is 5.32 Å². The molecular formula is C12H18N2O2. The van der Waals surface area contributed by atoms with Crippen LogP contribution in [-0.2, 0) is 11.3 Å². The molecule has 4 nitrogen and oxygen atoms in total. The third-order valence-corrected chi connectivity index (χ3v) is 2.28. The number of amides is 1. The predicted octanol–water partition coefficient (Wildman–Crippen LogP) is 0.873. The molecule has 16 heavy (non-hydrogen) atoms. The molecule has 0 aliphatic rings. The molecule has 4 heteroatoms. The van der Waals surface area contributed by atoms with Gasteiger partial charge in [-0.2, -0.15) is 0 Å². The van der Waals surface area contributed by atoms with Crippen LogP contribution in [0, 0.1) is 0 Å². The van der Waals surface area contributed by atoms with Crippen LogP contribution in [0.1, 0.15) is 5.56 Å². The van der Waals surface area contributed by atoms with E-state index >= 15 is 0 Å². The average Bonchev–Trinajstić information content (AvgIpc) is 2.28. The quantitative estimate of drug-likeness (QED) is 0.804. The minimum Gasteiger partial charge on any atom is -0.497 e. The predicted molar refractivity (Wildman–Crippen MR) is 63.4 cm³/mol. The van der Waals surface area contributed by atoms with Crippen LogP contribution < -0.4 is 10.1 Å². The monoisotopic (exact) mass is 222 g/mol. The maximum absolute atomic E-state index is 11.2. The first kappa shape index (κ1) is 12.5. The summed E-state index contributed by atoms with van der Waals surface area (Å²) < 4.78 is 5.14. The van der Waals surface area contributed by atoms with Crippen LogP contribution in [0.5, 0.6) is 5.75 Å². The van der Waals surface area contributed by atoms with Crippen LogP contribution in [0.2, 0.25) is 0 Å². The molecule has 0 aromatic heterocycles. The number of nitrogens with zero attached hydrogens (tertiary/aromatic N) is 1. The highest BCUT2D eigenvalue weighted by atomic mass is 16.5. The molecule has 0 unspecified atom stereocenters. The minimum absolute atomic E-state index is 0.0189. The molecule has 0 atom stereocenters. The molecule has 1 rings (SSSR count). The molecule has 0 aliphatic carbocycles. The maximum atomic E-state index is 11.2. The van der Waals surface area contributed by atoms with Crippen LogP contribution in [0.4, 0.5) is 0 Å². The second-order valence-corrected chi connectivity index (χ2v) is 3.70. The number of hydrogen-bond donors (Lipinski definition) is 1. The van der Waals surface area contributed by atoms with Gasteiger partial charge in [-0.25, -0.2) is 0 Å². The average molecular weight is 222 g/mol. The van der Waals surface area contributed by atoms with Crippen LogP contribution in [-0.4, -0.2) is 38.6 Å². The van der Waals surface area contributed by atoms with E-state index in [9.17, 15) is 4.79 Å². The highest BCUT2D eigenvalue weighted by Crippen LogP contribution is 2.13. The zero-order valence-corrected chi connectivity index (χ0v) is 9.99. The molecule has 1 aromatic rings. The second kappa shape index (κ2) is 6.12. The Morgan fingerprint density at radius 3 is 2.88 bits per heavy atom. The first-order valence-corrected chi connectivity index (χ1v) is 5.17. The fourth-order valence-corrected chi connectivity index (χ4v) is 1.46. The van der Waals surface area contributed by atoms with E-state index in [-0.39, 0.29) is 5.91 Å². The van der Waals surface area contributed by atoms with Crippen LogP contribution in [0.15, 0.2) is 24.3 Å². The number of ether oxygens (including phenoxy) is 1. The molecule has 1 amide bonds. The number of carbonyl (C=O) groups excluding carboxylic acids is 1. The van der Waals surface area contributed by atoms with Crippen LogP contribution in [0.25, 0.3) is 0 Å². The number of rotatable bonds is 5. The summed E-state index contributed by atoms with van der Waals surface area (Å²) in [5.41, 5.74) is 1.13. The van der Waals surface area contributed by atoms with Crippen molar-refractivity contribution >= 4 is 5.91 Å². The molecule has 0 radical (unpaired) electrons. The Hall–Kier alpha value is -1.55. The van der Waals surface area contributed by atoms with Gasteiger partial charge in [0.15, 0.2) is 0 Å². The van der Waals surface area contributed by atoms with Crippen molar-refractivity contribution in [1.82, 2.24) is 10.2 Å². The SMILES string of the molecule is CNC(=O)CN(C)Cc1cccc(OC)c1. The number of likely N-dealkylation sites (N-methyl/N-ethyl adjacent to an activating group) is 2. The van der Waals surface area contributed by atoms with Gasteiger partial charge in [0.25, 0.3) is 0 Å². The largest absolute Gasteiger partial charge is 0.497 e. The summed E-state index contributed by atoms with van der Waals surface area (Å²) in [5.74, 6) is 0.858. The molecule has 88 valence electrons. The van der Waals surface area contributed by atoms with Crippen molar-refractivity contribution < 1.29 is 9.53 Å².